The monoisotopic (exact) mass is 1420 g/mol. The van der Waals surface area contributed by atoms with Crippen molar-refractivity contribution in [2.45, 2.75) is 106 Å². The molecule has 5 heterocycles. The number of aromatic nitrogens is 5. The van der Waals surface area contributed by atoms with Crippen molar-refractivity contribution in [3.05, 3.63) is 416 Å². The van der Waals surface area contributed by atoms with E-state index < -0.39 is 0 Å². The van der Waals surface area contributed by atoms with E-state index in [4.69, 9.17) is 29.4 Å². The second-order valence-corrected chi connectivity index (χ2v) is 26.5. The van der Waals surface area contributed by atoms with Crippen LogP contribution in [-0.4, -0.2) is 69.7 Å². The predicted octanol–water partition coefficient (Wildman–Crippen LogP) is 22.7. The first-order valence-electron chi connectivity index (χ1n) is 36.5. The van der Waals surface area contributed by atoms with Gasteiger partial charge in [-0.3, -0.25) is 39.9 Å². The fourth-order valence-electron chi connectivity index (χ4n) is 11.8. The first kappa shape index (κ1) is 79.6. The van der Waals surface area contributed by atoms with Gasteiger partial charge in [-0.25, -0.2) is 9.97 Å². The lowest BCUT2D eigenvalue weighted by Crippen LogP contribution is -2.04. The van der Waals surface area contributed by atoms with Gasteiger partial charge in [0.05, 0.1) is 66.2 Å². The molecular formula is C96H98N10O2. The van der Waals surface area contributed by atoms with Gasteiger partial charge in [0.1, 0.15) is 12.1 Å². The van der Waals surface area contributed by atoms with E-state index in [1.54, 1.807) is 26.6 Å². The molecule has 0 aliphatic heterocycles. The number of benzene rings is 8. The summed E-state index contributed by atoms with van der Waals surface area (Å²) >= 11 is 0. The second-order valence-electron chi connectivity index (χ2n) is 26.5. The van der Waals surface area contributed by atoms with Crippen LogP contribution in [0.15, 0.2) is 329 Å². The van der Waals surface area contributed by atoms with E-state index in [0.717, 1.165) is 56.6 Å². The van der Waals surface area contributed by atoms with Crippen LogP contribution in [0.4, 0.5) is 5.69 Å². The lowest BCUT2D eigenvalue weighted by atomic mass is 9.93. The molecule has 0 aliphatic rings. The van der Waals surface area contributed by atoms with E-state index >= 15 is 0 Å². The third-order valence-corrected chi connectivity index (χ3v) is 17.9. The summed E-state index contributed by atoms with van der Waals surface area (Å²) in [5.41, 5.74) is 24.5. The quantitative estimate of drug-likeness (QED) is 0.0691. The zero-order chi connectivity index (χ0) is 76.4. The molecule has 0 saturated heterocycles. The third-order valence-electron chi connectivity index (χ3n) is 17.9. The Balaban J connectivity index is 0.000000157. The Kier molecular flexibility index (Phi) is 30.8. The molecule has 12 nitrogen and oxygen atoms in total. The molecule has 12 heteroatoms. The molecule has 0 aliphatic carbocycles. The zero-order valence-electron chi connectivity index (χ0n) is 64.4. The summed E-state index contributed by atoms with van der Waals surface area (Å²) in [7, 11) is 3.23. The molecule has 0 fully saturated rings. The fourth-order valence-corrected chi connectivity index (χ4v) is 11.8. The van der Waals surface area contributed by atoms with Crippen LogP contribution in [0.25, 0.3) is 0 Å². The van der Waals surface area contributed by atoms with Crippen molar-refractivity contribution in [3.8, 4) is 11.8 Å². The minimum Gasteiger partial charge on any atom is -0.481 e. The molecule has 8 aromatic carbocycles. The van der Waals surface area contributed by atoms with E-state index in [-0.39, 0.29) is 24.2 Å². The average Bonchev–Trinajstić information content (AvgIpc) is 0.823. The van der Waals surface area contributed by atoms with E-state index in [2.05, 4.69) is 250 Å². The van der Waals surface area contributed by atoms with Crippen LogP contribution in [0.5, 0.6) is 11.8 Å². The SMILES string of the molecule is CC(=Nc1c(C)cccc1C(C)C)c1ccccn1.COc1cccc(C=NC(c2ccccc2)c2ccccc2)n1.COc1cccc(C=NC(c2ccccc2C)c2ccccc2C)n1.Cc1ccc(C=NC(c2ccccc2C)c2ccccc2C)nc1.Cc1ccnc(C=N[C@@H](C)c2ccccc2)c1. The molecule has 13 rings (SSSR count). The maximum Gasteiger partial charge on any atom is 0.213 e. The Morgan fingerprint density at radius 3 is 1.19 bits per heavy atom. The summed E-state index contributed by atoms with van der Waals surface area (Å²) < 4.78 is 10.4. The summed E-state index contributed by atoms with van der Waals surface area (Å²) in [5.74, 6) is 1.65. The van der Waals surface area contributed by atoms with Gasteiger partial charge in [-0.15, -0.1) is 0 Å². The Labute approximate surface area is 639 Å². The fraction of sp³-hybridized carbons (Fsp3) is 0.188. The summed E-state index contributed by atoms with van der Waals surface area (Å²) in [6.07, 6.45) is 12.8. The predicted molar refractivity (Wildman–Crippen MR) is 449 cm³/mol. The molecule has 544 valence electrons. The third kappa shape index (κ3) is 24.3. The van der Waals surface area contributed by atoms with Crippen LogP contribution in [-0.2, 0) is 0 Å². The topological polar surface area (TPSA) is 145 Å². The largest absolute Gasteiger partial charge is 0.481 e. The molecule has 0 radical (unpaired) electrons. The lowest BCUT2D eigenvalue weighted by Gasteiger charge is -2.18. The number of methoxy groups -OCH3 is 2. The number of hydrogen-bond acceptors (Lipinski definition) is 12. The van der Waals surface area contributed by atoms with Crippen LogP contribution in [0, 0.1) is 48.5 Å². The van der Waals surface area contributed by atoms with Gasteiger partial charge in [0.2, 0.25) is 11.8 Å². The molecule has 0 amide bonds. The maximum atomic E-state index is 5.20. The average molecular weight is 1420 g/mol. The summed E-state index contributed by atoms with van der Waals surface area (Å²) in [5, 5.41) is 0. The molecule has 0 spiro atoms. The first-order valence-corrected chi connectivity index (χ1v) is 36.5. The van der Waals surface area contributed by atoms with Crippen molar-refractivity contribution in [3.63, 3.8) is 0 Å². The van der Waals surface area contributed by atoms with Gasteiger partial charge in [0, 0.05) is 55.6 Å². The van der Waals surface area contributed by atoms with Crippen molar-refractivity contribution in [2.75, 3.05) is 14.2 Å². The molecule has 0 unspecified atom stereocenters. The van der Waals surface area contributed by atoms with Crippen LogP contribution in [0.1, 0.15) is 170 Å². The standard InChI is InChI=1S/C22H22N2O.C22H22N2.C20H18N2O.C17H20N2.C15H16N2/c1-16-9-4-6-12-19(16)22(20-13-7-5-10-17(20)2)23-15-18-11-8-14-21(24-18)25-3;1-16-12-13-19(23-14-16)15-24-22(20-10-6-4-8-17(20)2)21-11-7-5-9-18(21)3;1-23-19-14-8-13-18(22-19)15-21-20(16-9-4-2-5-10-16)17-11-6-3-7-12-17;1-12(2)15-9-7-8-13(3)17(15)19-14(4)16-10-5-6-11-18-16;1-12-8-9-16-15(10-12)11-17-13(2)14-6-4-3-5-7-14/h4-15,22H,1-3H3;4-15,22H,1-3H3;2-15,20H,1H3;5-12H,1-4H3;3-11,13H,1-2H3/t;;;;13-/m....0/s1. The maximum absolute atomic E-state index is 5.20. The zero-order valence-corrected chi connectivity index (χ0v) is 64.4. The Hall–Kier alpha value is -12.5. The van der Waals surface area contributed by atoms with Crippen LogP contribution in [0.3, 0.4) is 0 Å². The first-order chi connectivity index (χ1) is 52.5. The molecular weight excluding hydrogens is 1330 g/mol. The molecule has 0 saturated carbocycles. The highest BCUT2D eigenvalue weighted by atomic mass is 16.5. The number of aryl methyl sites for hydroxylation is 7. The molecule has 0 N–H and O–H groups in total. The summed E-state index contributed by atoms with van der Waals surface area (Å²) in [6, 6.07) is 96.1. The Bertz CT molecular complexity index is 4930. The van der Waals surface area contributed by atoms with Gasteiger partial charge in [-0.1, -0.05) is 244 Å². The lowest BCUT2D eigenvalue weighted by molar-refractivity contribution is 0.397. The molecule has 1 atom stereocenters. The Morgan fingerprint density at radius 2 is 0.750 bits per heavy atom. The van der Waals surface area contributed by atoms with Crippen molar-refractivity contribution < 1.29 is 9.47 Å². The van der Waals surface area contributed by atoms with Gasteiger partial charge in [0.15, 0.2) is 0 Å². The normalized spacial score (nSPS) is 11.6. The van der Waals surface area contributed by atoms with Crippen molar-refractivity contribution in [1.82, 2.24) is 24.9 Å². The van der Waals surface area contributed by atoms with Gasteiger partial charge >= 0.3 is 0 Å². The molecule has 0 bridgehead atoms. The van der Waals surface area contributed by atoms with Gasteiger partial charge in [0.25, 0.3) is 0 Å². The minimum absolute atomic E-state index is 0.0181. The molecule has 108 heavy (non-hydrogen) atoms. The Morgan fingerprint density at radius 1 is 0.333 bits per heavy atom. The highest BCUT2D eigenvalue weighted by Crippen LogP contribution is 2.34. The van der Waals surface area contributed by atoms with Gasteiger partial charge in [-0.2, -0.15) is 0 Å². The van der Waals surface area contributed by atoms with E-state index in [0.29, 0.717) is 17.7 Å². The number of ether oxygens (including phenoxy) is 2. The number of aliphatic imine (C=N–C) groups is 5. The molecule has 13 aromatic rings. The second kappa shape index (κ2) is 41.8. The van der Waals surface area contributed by atoms with Gasteiger partial charge < -0.3 is 9.47 Å². The number of nitrogens with zero attached hydrogens (tertiary/aromatic N) is 10. The van der Waals surface area contributed by atoms with Gasteiger partial charge in [-0.05, 0) is 194 Å². The minimum atomic E-state index is -0.0598. The van der Waals surface area contributed by atoms with E-state index in [1.807, 2.05) is 172 Å². The number of rotatable bonds is 20. The number of para-hydroxylation sites is 1. The van der Waals surface area contributed by atoms with Crippen LogP contribution >= 0.6 is 0 Å². The van der Waals surface area contributed by atoms with E-state index in [1.165, 1.54) is 66.8 Å². The van der Waals surface area contributed by atoms with Crippen molar-refractivity contribution in [2.24, 2.45) is 25.0 Å². The number of hydrogen-bond donors (Lipinski definition) is 0. The van der Waals surface area contributed by atoms with Crippen molar-refractivity contribution >= 4 is 36.3 Å². The van der Waals surface area contributed by atoms with Crippen molar-refractivity contribution in [1.29, 1.82) is 0 Å². The smallest absolute Gasteiger partial charge is 0.213 e. The highest BCUT2D eigenvalue weighted by Gasteiger charge is 2.19. The van der Waals surface area contributed by atoms with E-state index in [9.17, 15) is 0 Å². The highest BCUT2D eigenvalue weighted by molar-refractivity contribution is 5.99. The molecule has 5 aromatic heterocycles. The number of pyridine rings is 5. The summed E-state index contributed by atoms with van der Waals surface area (Å²) in [6.45, 7) is 23.2. The summed E-state index contributed by atoms with van der Waals surface area (Å²) in [4.78, 5) is 45.7. The van der Waals surface area contributed by atoms with Crippen LogP contribution in [0.2, 0.25) is 0 Å². The van der Waals surface area contributed by atoms with Crippen LogP contribution < -0.4 is 9.47 Å².